The summed E-state index contributed by atoms with van der Waals surface area (Å²) in [5, 5.41) is 7.04. The van der Waals surface area contributed by atoms with Gasteiger partial charge < -0.3 is 14.8 Å². The van der Waals surface area contributed by atoms with Crippen molar-refractivity contribution in [3.05, 3.63) is 41.5 Å². The lowest BCUT2D eigenvalue weighted by Crippen LogP contribution is -2.34. The summed E-state index contributed by atoms with van der Waals surface area (Å²) in [6, 6.07) is 5.99. The number of ether oxygens (including phenoxy) is 2. The quantitative estimate of drug-likeness (QED) is 0.673. The number of hydrogen-bond donors (Lipinski definition) is 1. The largest absolute Gasteiger partial charge is 0.461 e. The Labute approximate surface area is 173 Å². The van der Waals surface area contributed by atoms with Crippen LogP contribution in [0.4, 0.5) is 9.18 Å². The van der Waals surface area contributed by atoms with Crippen LogP contribution in [0.2, 0.25) is 0 Å². The van der Waals surface area contributed by atoms with E-state index in [0.717, 1.165) is 10.6 Å². The van der Waals surface area contributed by atoms with Gasteiger partial charge in [0.1, 0.15) is 11.4 Å². The average Bonchev–Trinajstić information content (AvgIpc) is 2.92. The van der Waals surface area contributed by atoms with Crippen molar-refractivity contribution in [1.82, 2.24) is 15.1 Å². The molecule has 1 N–H and O–H groups in total. The van der Waals surface area contributed by atoms with Crippen molar-refractivity contribution >= 4 is 23.8 Å². The van der Waals surface area contributed by atoms with Gasteiger partial charge in [-0.15, -0.1) is 0 Å². The second-order valence-corrected chi connectivity index (χ2v) is 8.28. The molecule has 0 aliphatic heterocycles. The van der Waals surface area contributed by atoms with Gasteiger partial charge >= 0.3 is 12.1 Å². The molecule has 0 saturated carbocycles. The SMILES string of the molecule is CCOC(=O)c1nn(CCNC(=O)OC(C)(C)C)c(C)c1Sc1ccc(F)cc1. The van der Waals surface area contributed by atoms with Crippen molar-refractivity contribution in [3.8, 4) is 0 Å². The molecule has 0 saturated heterocycles. The van der Waals surface area contributed by atoms with Gasteiger partial charge in [-0.25, -0.2) is 14.0 Å². The van der Waals surface area contributed by atoms with Crippen LogP contribution in [-0.2, 0) is 16.0 Å². The van der Waals surface area contributed by atoms with E-state index in [-0.39, 0.29) is 24.7 Å². The van der Waals surface area contributed by atoms with Crippen LogP contribution in [0.5, 0.6) is 0 Å². The highest BCUT2D eigenvalue weighted by atomic mass is 32.2. The fourth-order valence-electron chi connectivity index (χ4n) is 2.40. The Hall–Kier alpha value is -2.55. The van der Waals surface area contributed by atoms with Crippen LogP contribution in [-0.4, -0.2) is 40.6 Å². The molecule has 158 valence electrons. The van der Waals surface area contributed by atoms with Crippen molar-refractivity contribution in [2.24, 2.45) is 0 Å². The molecule has 29 heavy (non-hydrogen) atoms. The van der Waals surface area contributed by atoms with Gasteiger partial charge in [0.25, 0.3) is 0 Å². The Balaban J connectivity index is 2.17. The second-order valence-electron chi connectivity index (χ2n) is 7.19. The van der Waals surface area contributed by atoms with Crippen molar-refractivity contribution in [3.63, 3.8) is 0 Å². The van der Waals surface area contributed by atoms with Crippen LogP contribution in [0.3, 0.4) is 0 Å². The van der Waals surface area contributed by atoms with E-state index in [0.29, 0.717) is 11.4 Å². The summed E-state index contributed by atoms with van der Waals surface area (Å²) < 4.78 is 25.1. The highest BCUT2D eigenvalue weighted by Gasteiger charge is 2.23. The molecule has 2 aromatic rings. The van der Waals surface area contributed by atoms with Crippen LogP contribution >= 0.6 is 11.8 Å². The first-order valence-electron chi connectivity index (χ1n) is 9.25. The van der Waals surface area contributed by atoms with Gasteiger partial charge in [0.05, 0.1) is 23.7 Å². The average molecular weight is 424 g/mol. The van der Waals surface area contributed by atoms with E-state index in [9.17, 15) is 14.0 Å². The fraction of sp³-hybridized carbons (Fsp3) is 0.450. The number of amides is 1. The summed E-state index contributed by atoms with van der Waals surface area (Å²) in [4.78, 5) is 25.6. The van der Waals surface area contributed by atoms with Gasteiger partial charge in [0.2, 0.25) is 0 Å². The van der Waals surface area contributed by atoms with E-state index >= 15 is 0 Å². The molecule has 7 nitrogen and oxygen atoms in total. The van der Waals surface area contributed by atoms with E-state index in [4.69, 9.17) is 9.47 Å². The zero-order valence-corrected chi connectivity index (χ0v) is 18.1. The zero-order valence-electron chi connectivity index (χ0n) is 17.2. The van der Waals surface area contributed by atoms with Crippen LogP contribution in [0.15, 0.2) is 34.1 Å². The minimum atomic E-state index is -0.582. The Morgan fingerprint density at radius 2 is 1.90 bits per heavy atom. The molecular formula is C20H26FN3O4S. The van der Waals surface area contributed by atoms with Gasteiger partial charge in [-0.1, -0.05) is 11.8 Å². The highest BCUT2D eigenvalue weighted by Crippen LogP contribution is 2.33. The maximum Gasteiger partial charge on any atom is 0.407 e. The van der Waals surface area contributed by atoms with E-state index in [1.807, 2.05) is 6.92 Å². The van der Waals surface area contributed by atoms with Crippen LogP contribution in [0.25, 0.3) is 0 Å². The number of hydrogen-bond acceptors (Lipinski definition) is 6. The molecule has 1 aromatic carbocycles. The molecule has 0 unspecified atom stereocenters. The fourth-order valence-corrected chi connectivity index (χ4v) is 3.38. The minimum Gasteiger partial charge on any atom is -0.461 e. The molecule has 0 fully saturated rings. The third-order valence-corrected chi connectivity index (χ3v) is 4.85. The third-order valence-electron chi connectivity index (χ3n) is 3.65. The highest BCUT2D eigenvalue weighted by molar-refractivity contribution is 7.99. The molecule has 1 amide bonds. The molecule has 0 radical (unpaired) electrons. The lowest BCUT2D eigenvalue weighted by molar-refractivity contribution is 0.0504. The summed E-state index contributed by atoms with van der Waals surface area (Å²) in [6.45, 7) is 9.76. The van der Waals surface area contributed by atoms with E-state index in [1.54, 1.807) is 44.5 Å². The first kappa shape index (κ1) is 22.7. The maximum atomic E-state index is 13.2. The van der Waals surface area contributed by atoms with E-state index < -0.39 is 17.7 Å². The van der Waals surface area contributed by atoms with Gasteiger partial charge in [0, 0.05) is 11.4 Å². The van der Waals surface area contributed by atoms with Gasteiger partial charge in [-0.2, -0.15) is 5.10 Å². The summed E-state index contributed by atoms with van der Waals surface area (Å²) in [5.41, 5.74) is 0.353. The van der Waals surface area contributed by atoms with Crippen molar-refractivity contribution in [2.45, 2.75) is 56.6 Å². The Bertz CT molecular complexity index is 860. The standard InChI is InChI=1S/C20H26FN3O4S/c1-6-27-18(25)16-17(29-15-9-7-14(21)8-10-15)13(2)24(23-16)12-11-22-19(26)28-20(3,4)5/h7-10H,6,11-12H2,1-5H3,(H,22,26). The number of benzene rings is 1. The number of halogens is 1. The number of aromatic nitrogens is 2. The molecule has 2 rings (SSSR count). The molecule has 0 spiro atoms. The number of nitrogens with one attached hydrogen (secondary N) is 1. The molecule has 1 heterocycles. The van der Waals surface area contributed by atoms with Crippen LogP contribution < -0.4 is 5.32 Å². The minimum absolute atomic E-state index is 0.191. The lowest BCUT2D eigenvalue weighted by atomic mass is 10.2. The van der Waals surface area contributed by atoms with E-state index in [1.165, 1.54) is 23.9 Å². The molecule has 1 aromatic heterocycles. The maximum absolute atomic E-state index is 13.2. The number of alkyl carbamates (subject to hydrolysis) is 1. The molecule has 0 atom stereocenters. The molecule has 0 bridgehead atoms. The first-order chi connectivity index (χ1) is 13.6. The molecule has 9 heteroatoms. The first-order valence-corrected chi connectivity index (χ1v) is 10.1. The number of esters is 1. The Kier molecular flexibility index (Phi) is 7.66. The Morgan fingerprint density at radius 3 is 2.48 bits per heavy atom. The van der Waals surface area contributed by atoms with Crippen molar-refractivity contribution < 1.29 is 23.5 Å². The van der Waals surface area contributed by atoms with Gasteiger partial charge in [-0.05, 0) is 58.9 Å². The number of nitrogens with zero attached hydrogens (tertiary/aromatic N) is 2. The normalized spacial score (nSPS) is 11.2. The molecule has 0 aliphatic carbocycles. The summed E-state index contributed by atoms with van der Waals surface area (Å²) >= 11 is 1.31. The topological polar surface area (TPSA) is 82.5 Å². The molecular weight excluding hydrogens is 397 g/mol. The molecule has 0 aliphatic rings. The van der Waals surface area contributed by atoms with Crippen LogP contribution in [0, 0.1) is 12.7 Å². The summed E-state index contributed by atoms with van der Waals surface area (Å²) in [7, 11) is 0. The van der Waals surface area contributed by atoms with Gasteiger partial charge in [0.15, 0.2) is 5.69 Å². The van der Waals surface area contributed by atoms with Gasteiger partial charge in [-0.3, -0.25) is 4.68 Å². The summed E-state index contributed by atoms with van der Waals surface area (Å²) in [6.07, 6.45) is -0.520. The number of rotatable bonds is 7. The predicted octanol–water partition coefficient (Wildman–Crippen LogP) is 4.18. The zero-order chi connectivity index (χ0) is 21.6. The Morgan fingerprint density at radius 1 is 1.24 bits per heavy atom. The van der Waals surface area contributed by atoms with Crippen LogP contribution in [0.1, 0.15) is 43.9 Å². The third kappa shape index (κ3) is 6.77. The van der Waals surface area contributed by atoms with E-state index in [2.05, 4.69) is 10.4 Å². The predicted molar refractivity (Wildman–Crippen MR) is 108 cm³/mol. The smallest absolute Gasteiger partial charge is 0.407 e. The van der Waals surface area contributed by atoms with Crippen molar-refractivity contribution in [2.75, 3.05) is 13.2 Å². The number of carbonyl (C=O) groups is 2. The van der Waals surface area contributed by atoms with Crippen molar-refractivity contribution in [1.29, 1.82) is 0 Å². The lowest BCUT2D eigenvalue weighted by Gasteiger charge is -2.19. The second kappa shape index (κ2) is 9.78. The number of carbonyl (C=O) groups excluding carboxylic acids is 2. The summed E-state index contributed by atoms with van der Waals surface area (Å²) in [5.74, 6) is -0.861. The monoisotopic (exact) mass is 423 g/mol.